The number of para-hydroxylation sites is 1. The molecule has 5 rings (SSSR count). The molecule has 2 fully saturated rings. The highest BCUT2D eigenvalue weighted by Crippen LogP contribution is 2.38. The Labute approximate surface area is 189 Å². The summed E-state index contributed by atoms with van der Waals surface area (Å²) in [5.41, 5.74) is 3.66. The van der Waals surface area contributed by atoms with Gasteiger partial charge in [0.2, 0.25) is 0 Å². The summed E-state index contributed by atoms with van der Waals surface area (Å²) in [6, 6.07) is 17.5. The summed E-state index contributed by atoms with van der Waals surface area (Å²) in [6.45, 7) is 0. The van der Waals surface area contributed by atoms with E-state index in [1.807, 2.05) is 43.4 Å². The minimum Gasteiger partial charge on any atom is -0.495 e. The Morgan fingerprint density at radius 3 is 2.32 bits per heavy atom. The lowest BCUT2D eigenvalue weighted by Crippen LogP contribution is -2.48. The van der Waals surface area contributed by atoms with Crippen LogP contribution in [0.3, 0.4) is 0 Å². The van der Waals surface area contributed by atoms with Crippen molar-refractivity contribution in [1.29, 1.82) is 0 Å². The summed E-state index contributed by atoms with van der Waals surface area (Å²) in [5.74, 6) is 0.797. The van der Waals surface area contributed by atoms with Crippen LogP contribution in [0.2, 0.25) is 0 Å². The number of methoxy groups -OCH3 is 1. The predicted octanol–water partition coefficient (Wildman–Crippen LogP) is 4.63. The molecule has 31 heavy (non-hydrogen) atoms. The van der Waals surface area contributed by atoms with Crippen LogP contribution in [0.25, 0.3) is 22.2 Å². The number of piperidine rings is 1. The number of ether oxygens (including phenoxy) is 1. The smallest absolute Gasteiger partial charge is 0.254 e. The molecule has 3 heterocycles. The molecular formula is C25H30ClN3O2. The van der Waals surface area contributed by atoms with Crippen LogP contribution in [0.4, 0.5) is 0 Å². The van der Waals surface area contributed by atoms with E-state index in [2.05, 4.69) is 34.0 Å². The molecular weight excluding hydrogens is 410 g/mol. The first-order valence-corrected chi connectivity index (χ1v) is 10.8. The van der Waals surface area contributed by atoms with Crippen molar-refractivity contribution in [3.05, 3.63) is 54.1 Å². The summed E-state index contributed by atoms with van der Waals surface area (Å²) in [4.78, 5) is 16.2. The molecule has 1 aromatic heterocycles. The van der Waals surface area contributed by atoms with Gasteiger partial charge >= 0.3 is 0 Å². The van der Waals surface area contributed by atoms with E-state index in [1.165, 1.54) is 12.8 Å². The van der Waals surface area contributed by atoms with Gasteiger partial charge < -0.3 is 19.5 Å². The molecule has 0 radical (unpaired) electrons. The molecule has 1 N–H and O–H groups in total. The van der Waals surface area contributed by atoms with Crippen molar-refractivity contribution in [3.63, 3.8) is 0 Å². The lowest BCUT2D eigenvalue weighted by atomic mass is 9.97. The second-order valence-electron chi connectivity index (χ2n) is 8.70. The maximum Gasteiger partial charge on any atom is 0.254 e. The molecule has 2 saturated heterocycles. The molecule has 2 aliphatic heterocycles. The first-order chi connectivity index (χ1) is 14.6. The van der Waals surface area contributed by atoms with E-state index in [-0.39, 0.29) is 24.4 Å². The fourth-order valence-corrected chi connectivity index (χ4v) is 5.59. The monoisotopic (exact) mass is 439 g/mol. The first-order valence-electron chi connectivity index (χ1n) is 10.8. The summed E-state index contributed by atoms with van der Waals surface area (Å²) in [6.07, 6.45) is 4.56. The Morgan fingerprint density at radius 2 is 1.68 bits per heavy atom. The van der Waals surface area contributed by atoms with Crippen molar-refractivity contribution in [3.8, 4) is 17.0 Å². The average molecular weight is 440 g/mol. The van der Waals surface area contributed by atoms with E-state index in [0.717, 1.165) is 46.3 Å². The zero-order valence-electron chi connectivity index (χ0n) is 18.3. The number of halogens is 1. The number of benzene rings is 2. The van der Waals surface area contributed by atoms with Crippen LogP contribution in [0.1, 0.15) is 36.0 Å². The Morgan fingerprint density at radius 1 is 1.00 bits per heavy atom. The Kier molecular flexibility index (Phi) is 6.00. The molecule has 5 nitrogen and oxygen atoms in total. The molecule has 164 valence electrons. The van der Waals surface area contributed by atoms with Gasteiger partial charge in [-0.2, -0.15) is 0 Å². The SMILES string of the molecule is COc1cccc2c(C(=O)NC3CC4CCC(C3)N4C)c(-c3ccccc3)n(C)c12.Cl. The van der Waals surface area contributed by atoms with Gasteiger partial charge in [-0.1, -0.05) is 42.5 Å². The van der Waals surface area contributed by atoms with Gasteiger partial charge in [-0.3, -0.25) is 4.79 Å². The molecule has 2 aromatic carbocycles. The van der Waals surface area contributed by atoms with E-state index < -0.39 is 0 Å². The van der Waals surface area contributed by atoms with Crippen LogP contribution >= 0.6 is 12.4 Å². The summed E-state index contributed by atoms with van der Waals surface area (Å²) < 4.78 is 7.73. The third-order valence-electron chi connectivity index (χ3n) is 7.10. The number of nitrogens with zero attached hydrogens (tertiary/aromatic N) is 2. The van der Waals surface area contributed by atoms with Crippen LogP contribution < -0.4 is 10.1 Å². The molecule has 2 atom stereocenters. The van der Waals surface area contributed by atoms with Crippen molar-refractivity contribution >= 4 is 29.2 Å². The van der Waals surface area contributed by atoms with Crippen molar-refractivity contribution in [1.82, 2.24) is 14.8 Å². The maximum atomic E-state index is 13.7. The van der Waals surface area contributed by atoms with E-state index >= 15 is 0 Å². The minimum atomic E-state index is 0. The number of fused-ring (bicyclic) bond motifs is 3. The van der Waals surface area contributed by atoms with Crippen LogP contribution in [-0.4, -0.2) is 47.7 Å². The van der Waals surface area contributed by atoms with Gasteiger partial charge in [0, 0.05) is 30.6 Å². The van der Waals surface area contributed by atoms with E-state index in [0.29, 0.717) is 12.1 Å². The average Bonchev–Trinajstić information content (AvgIpc) is 3.16. The van der Waals surface area contributed by atoms with Crippen molar-refractivity contribution in [2.24, 2.45) is 7.05 Å². The molecule has 2 unspecified atom stereocenters. The molecule has 0 aliphatic carbocycles. The lowest BCUT2D eigenvalue weighted by Gasteiger charge is -2.36. The molecule has 2 aliphatic rings. The van der Waals surface area contributed by atoms with Crippen LogP contribution in [0.5, 0.6) is 5.75 Å². The molecule has 6 heteroatoms. The number of hydrogen-bond acceptors (Lipinski definition) is 3. The zero-order chi connectivity index (χ0) is 20.8. The second-order valence-corrected chi connectivity index (χ2v) is 8.70. The van der Waals surface area contributed by atoms with Gasteiger partial charge in [0.15, 0.2) is 0 Å². The number of hydrogen-bond donors (Lipinski definition) is 1. The van der Waals surface area contributed by atoms with Crippen molar-refractivity contribution < 1.29 is 9.53 Å². The lowest BCUT2D eigenvalue weighted by molar-refractivity contribution is 0.0884. The largest absolute Gasteiger partial charge is 0.495 e. The van der Waals surface area contributed by atoms with E-state index in [1.54, 1.807) is 7.11 Å². The second kappa shape index (κ2) is 8.56. The minimum absolute atomic E-state index is 0. The van der Waals surface area contributed by atoms with Crippen LogP contribution in [0.15, 0.2) is 48.5 Å². The topological polar surface area (TPSA) is 46.5 Å². The van der Waals surface area contributed by atoms with Gasteiger partial charge in [0.1, 0.15) is 5.75 Å². The number of rotatable bonds is 4. The normalized spacial score (nSPS) is 22.9. The molecule has 2 bridgehead atoms. The number of carbonyl (C=O) groups is 1. The van der Waals surface area contributed by atoms with Crippen molar-refractivity contribution in [2.75, 3.05) is 14.2 Å². The summed E-state index contributed by atoms with van der Waals surface area (Å²) in [5, 5.41) is 4.32. The number of amides is 1. The van der Waals surface area contributed by atoms with Gasteiger partial charge in [0.25, 0.3) is 5.91 Å². The highest BCUT2D eigenvalue weighted by molar-refractivity contribution is 6.14. The summed E-state index contributed by atoms with van der Waals surface area (Å²) >= 11 is 0. The molecule has 3 aromatic rings. The Bertz CT molecular complexity index is 1080. The molecule has 1 amide bonds. The zero-order valence-corrected chi connectivity index (χ0v) is 19.1. The standard InChI is InChI=1S/C25H29N3O2.ClH/c1-27-18-12-13-19(27)15-17(14-18)26-25(29)22-20-10-7-11-21(30-3)24(20)28(2)23(22)16-8-5-4-6-9-16;/h4-11,17-19H,12-15H2,1-3H3,(H,26,29);1H. The maximum absolute atomic E-state index is 13.7. The third kappa shape index (κ3) is 3.60. The molecule has 0 saturated carbocycles. The van der Waals surface area contributed by atoms with Gasteiger partial charge in [-0.05, 0) is 44.4 Å². The van der Waals surface area contributed by atoms with Gasteiger partial charge in [-0.15, -0.1) is 12.4 Å². The fourth-order valence-electron chi connectivity index (χ4n) is 5.59. The van der Waals surface area contributed by atoms with Crippen molar-refractivity contribution in [2.45, 2.75) is 43.8 Å². The van der Waals surface area contributed by atoms with Crippen LogP contribution in [0, 0.1) is 0 Å². The quantitative estimate of drug-likeness (QED) is 0.644. The number of aryl methyl sites for hydroxylation is 1. The van der Waals surface area contributed by atoms with E-state index in [9.17, 15) is 4.79 Å². The third-order valence-corrected chi connectivity index (χ3v) is 7.10. The van der Waals surface area contributed by atoms with Gasteiger partial charge in [-0.25, -0.2) is 0 Å². The fraction of sp³-hybridized carbons (Fsp3) is 0.400. The van der Waals surface area contributed by atoms with Crippen LogP contribution in [-0.2, 0) is 7.05 Å². The highest BCUT2D eigenvalue weighted by atomic mass is 35.5. The highest BCUT2D eigenvalue weighted by Gasteiger charge is 2.39. The number of aromatic nitrogens is 1. The number of nitrogens with one attached hydrogen (secondary N) is 1. The Hall–Kier alpha value is -2.50. The molecule has 0 spiro atoms. The van der Waals surface area contributed by atoms with E-state index in [4.69, 9.17) is 4.74 Å². The van der Waals surface area contributed by atoms with Gasteiger partial charge in [0.05, 0.1) is 23.9 Å². The summed E-state index contributed by atoms with van der Waals surface area (Å²) in [7, 11) is 5.92. The first kappa shape index (κ1) is 21.7. The predicted molar refractivity (Wildman–Crippen MR) is 127 cm³/mol. The Balaban J connectivity index is 0.00000231. The number of carbonyl (C=O) groups excluding carboxylic acids is 1.